The van der Waals surface area contributed by atoms with Crippen LogP contribution in [0.2, 0.25) is 5.02 Å². The fraction of sp³-hybridized carbons (Fsp3) is 0.412. The number of benzene rings is 1. The van der Waals surface area contributed by atoms with Gasteiger partial charge in [-0.1, -0.05) is 36.6 Å². The summed E-state index contributed by atoms with van der Waals surface area (Å²) in [5.41, 5.74) is 6.27. The second-order valence-electron chi connectivity index (χ2n) is 6.21. The number of urea groups is 1. The Kier molecular flexibility index (Phi) is 5.15. The zero-order valence-electron chi connectivity index (χ0n) is 13.5. The average Bonchev–Trinajstić information content (AvgIpc) is 2.57. The van der Waals surface area contributed by atoms with E-state index < -0.39 is 23.8 Å². The summed E-state index contributed by atoms with van der Waals surface area (Å²) >= 11 is 6.08. The van der Waals surface area contributed by atoms with Gasteiger partial charge in [-0.25, -0.2) is 9.69 Å². The van der Waals surface area contributed by atoms with Gasteiger partial charge < -0.3 is 5.73 Å². The number of carbonyl (C=O) groups is 3. The van der Waals surface area contributed by atoms with Crippen molar-refractivity contribution in [1.82, 2.24) is 5.32 Å². The number of nitrogens with two attached hydrogens (primary N) is 1. The minimum absolute atomic E-state index is 0.0759. The molecule has 1 aromatic carbocycles. The van der Waals surface area contributed by atoms with Crippen LogP contribution in [0.5, 0.6) is 0 Å². The number of halogens is 1. The zero-order chi connectivity index (χ0) is 18.0. The number of nitrogens with zero attached hydrogens (tertiary/aromatic N) is 2. The van der Waals surface area contributed by atoms with Crippen molar-refractivity contribution in [3.8, 4) is 0 Å². The Hall–Kier alpha value is -2.25. The number of hydrogen-bond acceptors (Lipinski definition) is 5. The van der Waals surface area contributed by atoms with E-state index in [0.29, 0.717) is 0 Å². The van der Waals surface area contributed by atoms with Crippen LogP contribution in [-0.4, -0.2) is 36.1 Å². The van der Waals surface area contributed by atoms with Gasteiger partial charge in [0.1, 0.15) is 0 Å². The number of aliphatic imine (C=N–C) groups is 1. The molecule has 2 fully saturated rings. The number of nitrogens with one attached hydrogen (secondary N) is 1. The molecule has 2 aliphatic rings. The Balaban J connectivity index is 1.84. The number of hydrogen-bond donors (Lipinski definition) is 2. The molecule has 132 valence electrons. The van der Waals surface area contributed by atoms with E-state index in [1.54, 1.807) is 24.3 Å². The van der Waals surface area contributed by atoms with Gasteiger partial charge in [0.2, 0.25) is 5.91 Å². The van der Waals surface area contributed by atoms with Crippen LogP contribution < -0.4 is 16.0 Å². The molecule has 0 aromatic heterocycles. The summed E-state index contributed by atoms with van der Waals surface area (Å²) in [7, 11) is 0. The molecule has 3 atom stereocenters. The van der Waals surface area contributed by atoms with Crippen molar-refractivity contribution < 1.29 is 14.4 Å². The Labute approximate surface area is 150 Å². The summed E-state index contributed by atoms with van der Waals surface area (Å²) in [5.74, 6) is -2.54. The Morgan fingerprint density at radius 3 is 2.64 bits per heavy atom. The third-order valence-electron chi connectivity index (χ3n) is 4.50. The zero-order valence-corrected chi connectivity index (χ0v) is 14.3. The van der Waals surface area contributed by atoms with Gasteiger partial charge in [-0.15, -0.1) is 0 Å². The highest BCUT2D eigenvalue weighted by Crippen LogP contribution is 2.28. The molecule has 0 unspecified atom stereocenters. The topological polar surface area (TPSA) is 105 Å². The molecule has 1 saturated heterocycles. The standard InChI is InChI=1S/C17H19ClN4O3/c18-11-5-1-4-8-14(11)22-16(24)10(15(23)21-17(22)25)9-20-13-7-3-2-6-12(13)19/h1,4-5,8-10,12-13H,2-3,6-7,19H2,(H,21,23,25)/t10-,12-,13-/m1/s1. The van der Waals surface area contributed by atoms with Crippen LogP contribution in [0.25, 0.3) is 0 Å². The van der Waals surface area contributed by atoms with Gasteiger partial charge in [-0.3, -0.25) is 19.9 Å². The van der Waals surface area contributed by atoms with E-state index in [0.717, 1.165) is 30.6 Å². The SMILES string of the molecule is N[C@@H]1CCCC[C@H]1N=C[C@@H]1C(=O)NC(=O)N(c2ccccc2Cl)C1=O. The molecule has 8 heteroatoms. The molecule has 0 bridgehead atoms. The molecule has 1 aromatic rings. The first kappa shape index (κ1) is 17.6. The Bertz CT molecular complexity index is 736. The second kappa shape index (κ2) is 7.33. The lowest BCUT2D eigenvalue weighted by Gasteiger charge is -2.30. The normalized spacial score (nSPS) is 27.7. The fourth-order valence-electron chi connectivity index (χ4n) is 3.10. The molecule has 1 saturated carbocycles. The highest BCUT2D eigenvalue weighted by atomic mass is 35.5. The summed E-state index contributed by atoms with van der Waals surface area (Å²) in [4.78, 5) is 42.2. The van der Waals surface area contributed by atoms with Crippen molar-refractivity contribution in [2.24, 2.45) is 16.6 Å². The number of anilines is 1. The number of carbonyl (C=O) groups excluding carboxylic acids is 3. The molecule has 1 aliphatic heterocycles. The molecule has 3 rings (SSSR count). The summed E-state index contributed by atoms with van der Waals surface area (Å²) in [5, 5.41) is 2.42. The molecule has 0 radical (unpaired) electrons. The minimum Gasteiger partial charge on any atom is -0.326 e. The van der Waals surface area contributed by atoms with Crippen molar-refractivity contribution in [3.63, 3.8) is 0 Å². The van der Waals surface area contributed by atoms with E-state index >= 15 is 0 Å². The summed E-state index contributed by atoms with van der Waals surface area (Å²) in [6, 6.07) is 5.45. The van der Waals surface area contributed by atoms with Crippen molar-refractivity contribution in [2.75, 3.05) is 4.90 Å². The third-order valence-corrected chi connectivity index (χ3v) is 4.82. The molecule has 3 N–H and O–H groups in total. The van der Waals surface area contributed by atoms with E-state index in [-0.39, 0.29) is 22.8 Å². The second-order valence-corrected chi connectivity index (χ2v) is 6.62. The fourth-order valence-corrected chi connectivity index (χ4v) is 3.32. The van der Waals surface area contributed by atoms with Gasteiger partial charge in [0.05, 0.1) is 16.8 Å². The van der Waals surface area contributed by atoms with E-state index in [4.69, 9.17) is 17.3 Å². The van der Waals surface area contributed by atoms with Crippen molar-refractivity contribution in [1.29, 1.82) is 0 Å². The maximum atomic E-state index is 12.7. The summed E-state index contributed by atoms with van der Waals surface area (Å²) in [6.45, 7) is 0. The lowest BCUT2D eigenvalue weighted by molar-refractivity contribution is -0.131. The van der Waals surface area contributed by atoms with Crippen LogP contribution in [-0.2, 0) is 9.59 Å². The number of rotatable bonds is 3. The van der Waals surface area contributed by atoms with Crippen molar-refractivity contribution in [3.05, 3.63) is 29.3 Å². The Morgan fingerprint density at radius 2 is 1.92 bits per heavy atom. The number of amides is 4. The molecule has 0 spiro atoms. The molecule has 1 aliphatic carbocycles. The summed E-state index contributed by atoms with van der Waals surface area (Å²) < 4.78 is 0. The molecule has 7 nitrogen and oxygen atoms in total. The van der Waals surface area contributed by atoms with Crippen LogP contribution in [0.3, 0.4) is 0 Å². The number of imide groups is 2. The lowest BCUT2D eigenvalue weighted by Crippen LogP contribution is -2.58. The van der Waals surface area contributed by atoms with E-state index in [2.05, 4.69) is 10.3 Å². The van der Waals surface area contributed by atoms with Gasteiger partial charge in [0, 0.05) is 12.3 Å². The van der Waals surface area contributed by atoms with Gasteiger partial charge in [-0.2, -0.15) is 0 Å². The molecular weight excluding hydrogens is 344 g/mol. The first-order chi connectivity index (χ1) is 12.0. The first-order valence-electron chi connectivity index (χ1n) is 8.21. The maximum Gasteiger partial charge on any atom is 0.335 e. The minimum atomic E-state index is -1.18. The van der Waals surface area contributed by atoms with Crippen LogP contribution in [0.1, 0.15) is 25.7 Å². The molecule has 25 heavy (non-hydrogen) atoms. The van der Waals surface area contributed by atoms with Gasteiger partial charge >= 0.3 is 6.03 Å². The molecule has 1 heterocycles. The number of para-hydroxylation sites is 1. The monoisotopic (exact) mass is 362 g/mol. The molecular formula is C17H19ClN4O3. The largest absolute Gasteiger partial charge is 0.335 e. The van der Waals surface area contributed by atoms with E-state index in [1.807, 2.05) is 0 Å². The van der Waals surface area contributed by atoms with Crippen molar-refractivity contribution >= 4 is 41.3 Å². The number of barbiturate groups is 1. The first-order valence-corrected chi connectivity index (χ1v) is 8.59. The highest BCUT2D eigenvalue weighted by molar-refractivity contribution is 6.38. The smallest absolute Gasteiger partial charge is 0.326 e. The maximum absolute atomic E-state index is 12.7. The van der Waals surface area contributed by atoms with Crippen LogP contribution >= 0.6 is 11.6 Å². The van der Waals surface area contributed by atoms with Crippen LogP contribution in [0.4, 0.5) is 10.5 Å². The average molecular weight is 363 g/mol. The van der Waals surface area contributed by atoms with Gasteiger partial charge in [0.25, 0.3) is 5.91 Å². The predicted octanol–water partition coefficient (Wildman–Crippen LogP) is 1.88. The lowest BCUT2D eigenvalue weighted by atomic mass is 9.91. The highest BCUT2D eigenvalue weighted by Gasteiger charge is 2.41. The van der Waals surface area contributed by atoms with Gasteiger partial charge in [0.15, 0.2) is 5.92 Å². The van der Waals surface area contributed by atoms with Crippen LogP contribution in [0.15, 0.2) is 29.3 Å². The molecule has 4 amide bonds. The Morgan fingerprint density at radius 1 is 1.20 bits per heavy atom. The van der Waals surface area contributed by atoms with E-state index in [9.17, 15) is 14.4 Å². The van der Waals surface area contributed by atoms with Gasteiger partial charge in [-0.05, 0) is 25.0 Å². The summed E-state index contributed by atoms with van der Waals surface area (Å²) in [6.07, 6.45) is 5.09. The third kappa shape index (κ3) is 3.57. The van der Waals surface area contributed by atoms with E-state index in [1.165, 1.54) is 6.21 Å². The predicted molar refractivity (Wildman–Crippen MR) is 94.7 cm³/mol. The van der Waals surface area contributed by atoms with Crippen molar-refractivity contribution in [2.45, 2.75) is 37.8 Å². The quantitative estimate of drug-likeness (QED) is 0.632. The van der Waals surface area contributed by atoms with Crippen LogP contribution in [0, 0.1) is 5.92 Å².